The molecule has 2 heterocycles. The standard InChI is InChI=1S/C24H33N5O3/c1-7-19-24(28(8-2)14-13-27(3)4)29-16-17(9-12-22(29)26-19)23(30)25-18-10-11-20(31-5)21(15-18)32-6/h9-12,15-16H,7-8,13-14H2,1-6H3,(H,25,30). The number of rotatable bonds is 10. The molecule has 0 aliphatic carbocycles. The van der Waals surface area contributed by atoms with Gasteiger partial charge in [0.1, 0.15) is 11.5 Å². The number of hydrogen-bond acceptors (Lipinski definition) is 6. The van der Waals surface area contributed by atoms with Gasteiger partial charge in [-0.1, -0.05) is 6.92 Å². The van der Waals surface area contributed by atoms with E-state index in [1.54, 1.807) is 38.5 Å². The summed E-state index contributed by atoms with van der Waals surface area (Å²) in [6, 6.07) is 9.00. The second-order valence-electron chi connectivity index (χ2n) is 7.79. The third kappa shape index (κ3) is 4.96. The number of likely N-dealkylation sites (N-methyl/N-ethyl adjacent to an activating group) is 2. The van der Waals surface area contributed by atoms with E-state index >= 15 is 0 Å². The van der Waals surface area contributed by atoms with E-state index in [9.17, 15) is 4.79 Å². The van der Waals surface area contributed by atoms with Crippen molar-refractivity contribution in [3.05, 3.63) is 47.8 Å². The molecule has 0 saturated carbocycles. The molecule has 0 saturated heterocycles. The molecule has 32 heavy (non-hydrogen) atoms. The zero-order valence-corrected chi connectivity index (χ0v) is 19.8. The van der Waals surface area contributed by atoms with E-state index in [0.717, 1.165) is 43.2 Å². The van der Waals surface area contributed by atoms with Crippen LogP contribution in [0.1, 0.15) is 29.9 Å². The van der Waals surface area contributed by atoms with Gasteiger partial charge in [-0.2, -0.15) is 0 Å². The Hall–Kier alpha value is -3.26. The fourth-order valence-corrected chi connectivity index (χ4v) is 3.64. The number of aromatic nitrogens is 2. The Morgan fingerprint density at radius 1 is 1.06 bits per heavy atom. The number of imidazole rings is 1. The summed E-state index contributed by atoms with van der Waals surface area (Å²) in [5.41, 5.74) is 3.05. The Balaban J connectivity index is 1.93. The molecule has 8 nitrogen and oxygen atoms in total. The number of ether oxygens (including phenoxy) is 2. The minimum absolute atomic E-state index is 0.201. The number of amides is 1. The quantitative estimate of drug-likeness (QED) is 0.521. The maximum Gasteiger partial charge on any atom is 0.257 e. The lowest BCUT2D eigenvalue weighted by molar-refractivity contribution is 0.102. The Labute approximate surface area is 189 Å². The molecule has 0 aliphatic heterocycles. The number of benzene rings is 1. The second kappa shape index (κ2) is 10.4. The highest BCUT2D eigenvalue weighted by Crippen LogP contribution is 2.30. The molecule has 0 atom stereocenters. The van der Waals surface area contributed by atoms with Crippen LogP contribution in [-0.2, 0) is 6.42 Å². The first-order chi connectivity index (χ1) is 15.4. The van der Waals surface area contributed by atoms with Crippen molar-refractivity contribution in [1.29, 1.82) is 0 Å². The van der Waals surface area contributed by atoms with Crippen LogP contribution in [0.25, 0.3) is 5.65 Å². The number of carbonyl (C=O) groups excluding carboxylic acids is 1. The summed E-state index contributed by atoms with van der Waals surface area (Å²) >= 11 is 0. The molecule has 1 N–H and O–H groups in total. The minimum atomic E-state index is -0.201. The number of nitrogens with zero attached hydrogens (tertiary/aromatic N) is 4. The van der Waals surface area contributed by atoms with Crippen LogP contribution >= 0.6 is 0 Å². The van der Waals surface area contributed by atoms with Gasteiger partial charge in [0, 0.05) is 37.6 Å². The summed E-state index contributed by atoms with van der Waals surface area (Å²) in [7, 11) is 7.29. The SMILES string of the molecule is CCc1nc2ccc(C(=O)Nc3ccc(OC)c(OC)c3)cn2c1N(CC)CCN(C)C. The van der Waals surface area contributed by atoms with Crippen LogP contribution in [0.3, 0.4) is 0 Å². The molecule has 0 bridgehead atoms. The van der Waals surface area contributed by atoms with Crippen LogP contribution in [-0.4, -0.2) is 68.1 Å². The fourth-order valence-electron chi connectivity index (χ4n) is 3.64. The van der Waals surface area contributed by atoms with Gasteiger partial charge in [-0.05, 0) is 51.7 Å². The monoisotopic (exact) mass is 439 g/mol. The average Bonchev–Trinajstić information content (AvgIpc) is 3.17. The third-order valence-corrected chi connectivity index (χ3v) is 5.40. The predicted molar refractivity (Wildman–Crippen MR) is 129 cm³/mol. The molecule has 3 aromatic rings. The molecule has 0 radical (unpaired) electrons. The number of carbonyl (C=O) groups is 1. The number of aryl methyl sites for hydroxylation is 1. The lowest BCUT2D eigenvalue weighted by Crippen LogP contribution is -2.33. The van der Waals surface area contributed by atoms with Crippen LogP contribution in [0.2, 0.25) is 0 Å². The summed E-state index contributed by atoms with van der Waals surface area (Å²) in [5.74, 6) is 2.02. The van der Waals surface area contributed by atoms with E-state index < -0.39 is 0 Å². The average molecular weight is 440 g/mol. The van der Waals surface area contributed by atoms with E-state index in [4.69, 9.17) is 14.5 Å². The minimum Gasteiger partial charge on any atom is -0.493 e. The number of nitrogens with one attached hydrogen (secondary N) is 1. The van der Waals surface area contributed by atoms with Crippen molar-refractivity contribution in [2.75, 3.05) is 58.2 Å². The number of fused-ring (bicyclic) bond motifs is 1. The molecule has 0 unspecified atom stereocenters. The topological polar surface area (TPSA) is 71.3 Å². The number of anilines is 2. The smallest absolute Gasteiger partial charge is 0.257 e. The first-order valence-corrected chi connectivity index (χ1v) is 10.9. The summed E-state index contributed by atoms with van der Waals surface area (Å²) in [5, 5.41) is 2.94. The predicted octanol–water partition coefficient (Wildman–Crippen LogP) is 3.55. The molecule has 0 aliphatic rings. The van der Waals surface area contributed by atoms with Crippen molar-refractivity contribution in [3.8, 4) is 11.5 Å². The third-order valence-electron chi connectivity index (χ3n) is 5.40. The largest absolute Gasteiger partial charge is 0.493 e. The number of pyridine rings is 1. The summed E-state index contributed by atoms with van der Waals surface area (Å²) in [6.45, 7) is 6.92. The van der Waals surface area contributed by atoms with Gasteiger partial charge in [-0.25, -0.2) is 4.98 Å². The summed E-state index contributed by atoms with van der Waals surface area (Å²) in [4.78, 5) is 22.3. The lowest BCUT2D eigenvalue weighted by atomic mass is 10.2. The second-order valence-corrected chi connectivity index (χ2v) is 7.79. The van der Waals surface area contributed by atoms with Gasteiger partial charge >= 0.3 is 0 Å². The van der Waals surface area contributed by atoms with Crippen molar-refractivity contribution >= 4 is 23.1 Å². The molecule has 0 spiro atoms. The molecule has 0 fully saturated rings. The van der Waals surface area contributed by atoms with Crippen molar-refractivity contribution in [3.63, 3.8) is 0 Å². The highest BCUT2D eigenvalue weighted by molar-refractivity contribution is 6.04. The maximum atomic E-state index is 13.0. The van der Waals surface area contributed by atoms with E-state index in [0.29, 0.717) is 22.7 Å². The molecule has 3 rings (SSSR count). The number of hydrogen-bond donors (Lipinski definition) is 1. The van der Waals surface area contributed by atoms with Crippen molar-refractivity contribution in [2.24, 2.45) is 0 Å². The maximum absolute atomic E-state index is 13.0. The van der Waals surface area contributed by atoms with Gasteiger partial charge in [0.2, 0.25) is 0 Å². The van der Waals surface area contributed by atoms with Gasteiger partial charge in [0.15, 0.2) is 11.5 Å². The Morgan fingerprint density at radius 2 is 1.81 bits per heavy atom. The fraction of sp³-hybridized carbons (Fsp3) is 0.417. The normalized spacial score (nSPS) is 11.1. The Kier molecular flexibility index (Phi) is 7.58. The Bertz CT molecular complexity index is 1080. The molecule has 1 amide bonds. The van der Waals surface area contributed by atoms with Gasteiger partial charge < -0.3 is 24.6 Å². The molecule has 2 aromatic heterocycles. The number of methoxy groups -OCH3 is 2. The van der Waals surface area contributed by atoms with Crippen molar-refractivity contribution in [1.82, 2.24) is 14.3 Å². The van der Waals surface area contributed by atoms with E-state index in [-0.39, 0.29) is 5.91 Å². The summed E-state index contributed by atoms with van der Waals surface area (Å²) < 4.78 is 12.6. The van der Waals surface area contributed by atoms with E-state index in [2.05, 4.69) is 43.1 Å². The first kappa shape index (κ1) is 23.4. The first-order valence-electron chi connectivity index (χ1n) is 10.9. The molecular formula is C24H33N5O3. The molecular weight excluding hydrogens is 406 g/mol. The van der Waals surface area contributed by atoms with Crippen LogP contribution in [0, 0.1) is 0 Å². The molecule has 1 aromatic carbocycles. The van der Waals surface area contributed by atoms with Crippen molar-refractivity contribution < 1.29 is 14.3 Å². The highest BCUT2D eigenvalue weighted by atomic mass is 16.5. The van der Waals surface area contributed by atoms with Gasteiger partial charge in [-0.15, -0.1) is 0 Å². The van der Waals surface area contributed by atoms with Gasteiger partial charge in [0.25, 0.3) is 5.91 Å². The van der Waals surface area contributed by atoms with E-state index in [1.807, 2.05) is 16.7 Å². The van der Waals surface area contributed by atoms with Crippen LogP contribution < -0.4 is 19.7 Å². The zero-order valence-electron chi connectivity index (χ0n) is 19.8. The van der Waals surface area contributed by atoms with Crippen LogP contribution in [0.4, 0.5) is 11.5 Å². The van der Waals surface area contributed by atoms with Crippen LogP contribution in [0.5, 0.6) is 11.5 Å². The Morgan fingerprint density at radius 3 is 2.44 bits per heavy atom. The van der Waals surface area contributed by atoms with Crippen LogP contribution in [0.15, 0.2) is 36.5 Å². The van der Waals surface area contributed by atoms with Gasteiger partial charge in [-0.3, -0.25) is 9.20 Å². The molecule has 8 heteroatoms. The van der Waals surface area contributed by atoms with E-state index in [1.165, 1.54) is 0 Å². The molecule has 172 valence electrons. The summed E-state index contributed by atoms with van der Waals surface area (Å²) in [6.07, 6.45) is 2.69. The van der Waals surface area contributed by atoms with Gasteiger partial charge in [0.05, 0.1) is 25.5 Å². The highest BCUT2D eigenvalue weighted by Gasteiger charge is 2.18. The zero-order chi connectivity index (χ0) is 23.3. The lowest BCUT2D eigenvalue weighted by Gasteiger charge is -2.25. The van der Waals surface area contributed by atoms with Crippen molar-refractivity contribution in [2.45, 2.75) is 20.3 Å².